The van der Waals surface area contributed by atoms with Crippen LogP contribution in [0.3, 0.4) is 0 Å². The molecule has 0 spiro atoms. The number of aromatic nitrogens is 2. The molecule has 1 aliphatic heterocycles. The highest BCUT2D eigenvalue weighted by Crippen LogP contribution is 2.36. The van der Waals surface area contributed by atoms with Crippen molar-refractivity contribution in [3.63, 3.8) is 0 Å². The van der Waals surface area contributed by atoms with Crippen LogP contribution in [0.15, 0.2) is 53.4 Å². The van der Waals surface area contributed by atoms with Gasteiger partial charge in [0.15, 0.2) is 0 Å². The van der Waals surface area contributed by atoms with Crippen LogP contribution in [-0.4, -0.2) is 62.2 Å². The van der Waals surface area contributed by atoms with Crippen LogP contribution in [-0.2, 0) is 9.25 Å². The molecule has 2 aromatic carbocycles. The number of fused-ring (bicyclic) bond motifs is 4. The summed E-state index contributed by atoms with van der Waals surface area (Å²) in [5.74, 6) is 0.875. The van der Waals surface area contributed by atoms with Crippen molar-refractivity contribution in [2.24, 2.45) is 11.7 Å². The predicted octanol–water partition coefficient (Wildman–Crippen LogP) is 5.75. The normalized spacial score (nSPS) is 24.7. The molecule has 5 rings (SSSR count). The molecular formula is C33H45N5O3S. The van der Waals surface area contributed by atoms with Crippen LogP contribution < -0.4 is 15.2 Å². The van der Waals surface area contributed by atoms with E-state index in [1.165, 1.54) is 0 Å². The highest BCUT2D eigenvalue weighted by molar-refractivity contribution is 8.19. The second-order valence-electron chi connectivity index (χ2n) is 13.0. The van der Waals surface area contributed by atoms with E-state index in [4.69, 9.17) is 20.4 Å². The summed E-state index contributed by atoms with van der Waals surface area (Å²) in [5.41, 5.74) is 10.6. The van der Waals surface area contributed by atoms with Crippen LogP contribution in [0.1, 0.15) is 67.4 Å². The zero-order valence-electron chi connectivity index (χ0n) is 25.7. The van der Waals surface area contributed by atoms with E-state index in [1.54, 1.807) is 24.6 Å². The third-order valence-corrected chi connectivity index (χ3v) is 10.9. The van der Waals surface area contributed by atoms with Gasteiger partial charge < -0.3 is 15.4 Å². The van der Waals surface area contributed by atoms with Crippen molar-refractivity contribution in [2.45, 2.75) is 82.8 Å². The number of hydrogen-bond acceptors (Lipinski definition) is 6. The van der Waals surface area contributed by atoms with E-state index in [9.17, 15) is 9.00 Å². The maximum Gasteiger partial charge on any atom is 0.254 e. The Bertz CT molecular complexity index is 1520. The number of aryl methyl sites for hydroxylation is 2. The van der Waals surface area contributed by atoms with Gasteiger partial charge in [-0.25, -0.2) is 4.98 Å². The minimum absolute atomic E-state index is 0.0477. The van der Waals surface area contributed by atoms with E-state index in [0.29, 0.717) is 28.0 Å². The molecule has 4 bridgehead atoms. The van der Waals surface area contributed by atoms with Crippen molar-refractivity contribution >= 4 is 21.1 Å². The summed E-state index contributed by atoms with van der Waals surface area (Å²) in [6.45, 7) is 8.72. The number of ether oxygens (including phenoxy) is 1. The molecule has 1 aliphatic carbocycles. The number of rotatable bonds is 4. The molecule has 1 atom stereocenters. The largest absolute Gasteiger partial charge is 0.475 e. The number of amides is 1. The van der Waals surface area contributed by atoms with Crippen molar-refractivity contribution in [3.05, 3.63) is 65.2 Å². The summed E-state index contributed by atoms with van der Waals surface area (Å²) in [6.07, 6.45) is 7.55. The monoisotopic (exact) mass is 591 g/mol. The van der Waals surface area contributed by atoms with Crippen molar-refractivity contribution < 1.29 is 13.7 Å². The van der Waals surface area contributed by atoms with Gasteiger partial charge in [0.25, 0.3) is 5.91 Å². The van der Waals surface area contributed by atoms with Crippen LogP contribution in [0.4, 0.5) is 5.95 Å². The Labute approximate surface area is 250 Å². The molecule has 1 aromatic heterocycles. The van der Waals surface area contributed by atoms with Crippen molar-refractivity contribution in [1.82, 2.24) is 14.9 Å². The Morgan fingerprint density at radius 1 is 1.02 bits per heavy atom. The molecule has 1 saturated carbocycles. The fraction of sp³-hybridized carbons (Fsp3) is 0.485. The first-order valence-electron chi connectivity index (χ1n) is 15.0. The lowest BCUT2D eigenvalue weighted by molar-refractivity contribution is 0.0363. The van der Waals surface area contributed by atoms with Gasteiger partial charge in [-0.3, -0.25) is 13.7 Å². The Balaban J connectivity index is 1.69. The van der Waals surface area contributed by atoms with E-state index in [1.807, 2.05) is 29.2 Å². The van der Waals surface area contributed by atoms with E-state index in [-0.39, 0.29) is 36.6 Å². The van der Waals surface area contributed by atoms with Crippen molar-refractivity contribution in [3.8, 4) is 17.1 Å². The molecule has 0 unspecified atom stereocenters. The molecule has 8 nitrogen and oxygen atoms in total. The lowest BCUT2D eigenvalue weighted by atomic mass is 9.88. The molecule has 2 aliphatic rings. The van der Waals surface area contributed by atoms with Gasteiger partial charge in [0.2, 0.25) is 11.8 Å². The van der Waals surface area contributed by atoms with E-state index in [2.05, 4.69) is 44.5 Å². The van der Waals surface area contributed by atoms with Crippen molar-refractivity contribution in [1.29, 1.82) is 0 Å². The van der Waals surface area contributed by atoms with Crippen LogP contribution in [0.2, 0.25) is 0 Å². The number of carbonyl (C=O) groups excluding carboxylic acids is 1. The van der Waals surface area contributed by atoms with Crippen LogP contribution in [0.25, 0.3) is 11.3 Å². The highest BCUT2D eigenvalue weighted by Gasteiger charge is 2.36. The van der Waals surface area contributed by atoms with Gasteiger partial charge in [0, 0.05) is 46.7 Å². The minimum Gasteiger partial charge on any atom is -0.475 e. The molecule has 2 heterocycles. The zero-order valence-corrected chi connectivity index (χ0v) is 26.5. The SMILES string of the molecule is Cc1cccc(C)c1-c1cc2nc(n1)NS(C)(C)(=O)c1cccc(c1)C(=O)N(C1CCC(N)CC1)[C@H](CC(C)C)CO2. The quantitative estimate of drug-likeness (QED) is 0.400. The summed E-state index contributed by atoms with van der Waals surface area (Å²) in [4.78, 5) is 26.5. The lowest BCUT2D eigenvalue weighted by Gasteiger charge is -2.42. The zero-order chi connectivity index (χ0) is 30.3. The van der Waals surface area contributed by atoms with Gasteiger partial charge in [-0.15, -0.1) is 0 Å². The molecule has 0 radical (unpaired) electrons. The molecular weight excluding hydrogens is 546 g/mol. The standard InChI is InChI=1S/C33H45N5O3S/c1-21(2)17-27-20-41-30-19-29(31-22(3)9-7-10-23(31)4)35-33(36-30)37-42(5,6,40)28-12-8-11-24(18-28)32(39)38(27)26-15-13-25(34)14-16-26/h7-12,18-19,21,25-27H,13-17,20,34H2,1-6H3,(H,35,36,37,40)/t25?,26?,27-/m1/s1. The molecule has 9 heteroatoms. The summed E-state index contributed by atoms with van der Waals surface area (Å²) in [6, 6.07) is 15.2. The first kappa shape index (κ1) is 30.2. The molecule has 3 aromatic rings. The minimum atomic E-state index is -3.75. The van der Waals surface area contributed by atoms with E-state index >= 15 is 0 Å². The molecule has 1 amide bonds. The number of nitrogens with two attached hydrogens (primary N) is 1. The van der Waals surface area contributed by atoms with Crippen LogP contribution in [0, 0.1) is 19.8 Å². The predicted molar refractivity (Wildman–Crippen MR) is 170 cm³/mol. The first-order chi connectivity index (χ1) is 19.8. The first-order valence-corrected chi connectivity index (χ1v) is 17.7. The molecule has 226 valence electrons. The molecule has 42 heavy (non-hydrogen) atoms. The summed E-state index contributed by atoms with van der Waals surface area (Å²) in [5, 5.41) is 0. The van der Waals surface area contributed by atoms with Crippen LogP contribution >= 0.6 is 0 Å². The summed E-state index contributed by atoms with van der Waals surface area (Å²) in [7, 11) is -3.75. The summed E-state index contributed by atoms with van der Waals surface area (Å²) < 4.78 is 24.3. The molecule has 3 N–H and O–H groups in total. The van der Waals surface area contributed by atoms with Gasteiger partial charge in [-0.1, -0.05) is 38.1 Å². The Morgan fingerprint density at radius 3 is 2.36 bits per heavy atom. The highest BCUT2D eigenvalue weighted by atomic mass is 32.3. The summed E-state index contributed by atoms with van der Waals surface area (Å²) >= 11 is 0. The van der Waals surface area contributed by atoms with Gasteiger partial charge in [0.05, 0.1) is 11.7 Å². The Morgan fingerprint density at radius 2 is 1.69 bits per heavy atom. The topological polar surface area (TPSA) is 110 Å². The maximum atomic E-state index is 14.7. The average molecular weight is 592 g/mol. The molecule has 0 saturated heterocycles. The lowest BCUT2D eigenvalue weighted by Crippen LogP contribution is -2.52. The Kier molecular flexibility index (Phi) is 8.20. The second kappa shape index (κ2) is 11.4. The molecule has 1 fully saturated rings. The van der Waals surface area contributed by atoms with Crippen molar-refractivity contribution in [2.75, 3.05) is 23.8 Å². The van der Waals surface area contributed by atoms with E-state index in [0.717, 1.165) is 48.8 Å². The number of nitrogens with zero attached hydrogens (tertiary/aromatic N) is 3. The fourth-order valence-electron chi connectivity index (χ4n) is 6.36. The number of nitrogens with one attached hydrogen (secondary N) is 1. The third-order valence-electron chi connectivity index (χ3n) is 8.52. The average Bonchev–Trinajstić information content (AvgIpc) is 2.91. The maximum absolute atomic E-state index is 14.7. The van der Waals surface area contributed by atoms with E-state index < -0.39 is 9.25 Å². The number of hydrogen-bond donors (Lipinski definition) is 2. The third kappa shape index (κ3) is 6.37. The number of anilines is 1. The van der Waals surface area contributed by atoms with Gasteiger partial charge >= 0.3 is 0 Å². The smallest absolute Gasteiger partial charge is 0.254 e. The van der Waals surface area contributed by atoms with Gasteiger partial charge in [0.1, 0.15) is 6.61 Å². The number of benzene rings is 2. The van der Waals surface area contributed by atoms with Gasteiger partial charge in [-0.2, -0.15) is 4.98 Å². The van der Waals surface area contributed by atoms with Crippen LogP contribution in [0.5, 0.6) is 5.88 Å². The van der Waals surface area contributed by atoms with Gasteiger partial charge in [-0.05, 0) is 90.4 Å². The number of carbonyl (C=O) groups is 1. The second-order valence-corrected chi connectivity index (χ2v) is 17.3. The Hall–Kier alpha value is -3.30. The fourth-order valence-corrected chi connectivity index (χ4v) is 8.04.